The van der Waals surface area contributed by atoms with E-state index < -0.39 is 82.5 Å². The maximum absolute atomic E-state index is 14.1. The molecule has 2 N–H and O–H groups in total. The molecule has 2 aromatic rings. The van der Waals surface area contributed by atoms with Crippen LogP contribution in [0.25, 0.3) is 0 Å². The topological polar surface area (TPSA) is 109 Å². The minimum absolute atomic E-state index is 0.245. The monoisotopic (exact) mass is 436 g/mol. The Hall–Kier alpha value is -2.16. The Morgan fingerprint density at radius 1 is 0.630 bits per heavy atom. The van der Waals surface area contributed by atoms with Crippen LogP contribution in [0.1, 0.15) is 11.1 Å². The molecule has 0 heterocycles. The van der Waals surface area contributed by atoms with Crippen LogP contribution in [0.15, 0.2) is 21.9 Å². The second-order valence-electron chi connectivity index (χ2n) is 5.05. The van der Waals surface area contributed by atoms with E-state index in [1.807, 2.05) is 0 Å². The van der Waals surface area contributed by atoms with Crippen LogP contribution in [0, 0.1) is 34.9 Å². The lowest BCUT2D eigenvalue weighted by Gasteiger charge is -2.12. The van der Waals surface area contributed by atoms with Crippen LogP contribution >= 0.6 is 0 Å². The van der Waals surface area contributed by atoms with Gasteiger partial charge in [0.25, 0.3) is 20.2 Å². The predicted octanol–water partition coefficient (Wildman–Crippen LogP) is 2.61. The van der Waals surface area contributed by atoms with E-state index in [-0.39, 0.29) is 12.1 Å². The van der Waals surface area contributed by atoms with E-state index in [0.29, 0.717) is 0 Å². The molecule has 0 fully saturated rings. The third-order valence-electron chi connectivity index (χ3n) is 3.34. The van der Waals surface area contributed by atoms with Crippen LogP contribution in [0.5, 0.6) is 0 Å². The lowest BCUT2D eigenvalue weighted by molar-refractivity contribution is 0.440. The molecule has 0 aliphatic heterocycles. The molecule has 0 bridgehead atoms. The molecule has 0 amide bonds. The summed E-state index contributed by atoms with van der Waals surface area (Å²) in [6, 6.07) is -0.489. The first kappa shape index (κ1) is 21.1. The molecule has 27 heavy (non-hydrogen) atoms. The summed E-state index contributed by atoms with van der Waals surface area (Å²) in [5.41, 5.74) is -3.29. The summed E-state index contributed by atoms with van der Waals surface area (Å²) in [6.45, 7) is 0. The first-order valence-electron chi connectivity index (χ1n) is 6.44. The molecule has 14 heteroatoms. The van der Waals surface area contributed by atoms with Crippen molar-refractivity contribution in [3.05, 3.63) is 58.2 Å². The number of hydrogen-bond donors (Lipinski definition) is 2. The Balaban J connectivity index is 2.83. The molecule has 0 atom stereocenters. The van der Waals surface area contributed by atoms with Gasteiger partial charge in [0.2, 0.25) is 0 Å². The van der Waals surface area contributed by atoms with Crippen LogP contribution in [0.2, 0.25) is 0 Å². The van der Waals surface area contributed by atoms with E-state index in [4.69, 9.17) is 9.11 Å². The molecule has 0 aliphatic rings. The fraction of sp³-hybridized carbons (Fsp3) is 0.0769. The fourth-order valence-electron chi connectivity index (χ4n) is 2.12. The van der Waals surface area contributed by atoms with E-state index in [1.54, 1.807) is 0 Å². The van der Waals surface area contributed by atoms with E-state index in [1.165, 1.54) is 0 Å². The largest absolute Gasteiger partial charge is 0.297 e. The van der Waals surface area contributed by atoms with Gasteiger partial charge in [-0.3, -0.25) is 9.11 Å². The van der Waals surface area contributed by atoms with Crippen molar-refractivity contribution in [2.24, 2.45) is 0 Å². The van der Waals surface area contributed by atoms with Crippen molar-refractivity contribution < 1.29 is 52.3 Å². The molecular weight excluding hydrogens is 430 g/mol. The average molecular weight is 436 g/mol. The normalized spacial score (nSPS) is 12.4. The molecular formula is C13H6F6O6S2. The van der Waals surface area contributed by atoms with Gasteiger partial charge in [0.15, 0.2) is 34.9 Å². The third-order valence-corrected chi connectivity index (χ3v) is 5.04. The number of rotatable bonds is 4. The second-order valence-corrected chi connectivity index (χ2v) is 7.83. The highest BCUT2D eigenvalue weighted by molar-refractivity contribution is 7.86. The lowest BCUT2D eigenvalue weighted by atomic mass is 10.0. The number of hydrogen-bond acceptors (Lipinski definition) is 4. The molecule has 0 spiro atoms. The van der Waals surface area contributed by atoms with Crippen molar-refractivity contribution in [1.29, 1.82) is 0 Å². The van der Waals surface area contributed by atoms with E-state index in [2.05, 4.69) is 0 Å². The van der Waals surface area contributed by atoms with Crippen molar-refractivity contribution in [3.63, 3.8) is 0 Å². The van der Waals surface area contributed by atoms with Crippen molar-refractivity contribution in [1.82, 2.24) is 0 Å². The average Bonchev–Trinajstić information content (AvgIpc) is 2.51. The molecule has 2 aromatic carbocycles. The standard InChI is InChI=1S/C13H6F6O6S2/c14-6-2-8(26(20,21)22)12(18)4(10(6)16)1-5-11(17)7(15)3-9(13(5)19)27(23,24)25/h2-3H,1H2,(H,20,21,22)(H,23,24,25). The smallest absolute Gasteiger partial charge is 0.282 e. The molecule has 6 nitrogen and oxygen atoms in total. The summed E-state index contributed by atoms with van der Waals surface area (Å²) in [4.78, 5) is -3.55. The van der Waals surface area contributed by atoms with Gasteiger partial charge in [-0.05, 0) is 0 Å². The Bertz CT molecular complexity index is 1070. The SMILES string of the molecule is O=S(=O)(O)c1cc(F)c(F)c(Cc2c(F)c(F)cc(S(=O)(=O)O)c2F)c1F. The van der Waals surface area contributed by atoms with Gasteiger partial charge < -0.3 is 0 Å². The van der Waals surface area contributed by atoms with Crippen LogP contribution in [0.3, 0.4) is 0 Å². The first-order valence-corrected chi connectivity index (χ1v) is 9.32. The highest BCUT2D eigenvalue weighted by atomic mass is 32.2. The molecule has 0 saturated heterocycles. The van der Waals surface area contributed by atoms with E-state index in [9.17, 15) is 43.2 Å². The van der Waals surface area contributed by atoms with Gasteiger partial charge in [-0.15, -0.1) is 0 Å². The van der Waals surface area contributed by atoms with Crippen molar-refractivity contribution in [2.75, 3.05) is 0 Å². The zero-order valence-corrected chi connectivity index (χ0v) is 14.1. The summed E-state index contributed by atoms with van der Waals surface area (Å²) < 4.78 is 145. The van der Waals surface area contributed by atoms with Crippen molar-refractivity contribution in [3.8, 4) is 0 Å². The number of halogens is 6. The Morgan fingerprint density at radius 3 is 1.19 bits per heavy atom. The lowest BCUT2D eigenvalue weighted by Crippen LogP contribution is -2.13. The van der Waals surface area contributed by atoms with Crippen LogP contribution in [-0.2, 0) is 26.7 Å². The summed E-state index contributed by atoms with van der Waals surface area (Å²) in [5.74, 6) is -12.6. The summed E-state index contributed by atoms with van der Waals surface area (Å²) in [5, 5.41) is 0. The molecule has 0 radical (unpaired) electrons. The molecule has 0 aliphatic carbocycles. The third kappa shape index (κ3) is 3.92. The van der Waals surface area contributed by atoms with E-state index in [0.717, 1.165) is 0 Å². The zero-order chi connectivity index (χ0) is 20.9. The van der Waals surface area contributed by atoms with Gasteiger partial charge >= 0.3 is 0 Å². The van der Waals surface area contributed by atoms with Crippen LogP contribution < -0.4 is 0 Å². The fourth-order valence-corrected chi connectivity index (χ4v) is 3.33. The molecule has 2 rings (SSSR count). The highest BCUT2D eigenvalue weighted by Crippen LogP contribution is 2.30. The van der Waals surface area contributed by atoms with Crippen molar-refractivity contribution in [2.45, 2.75) is 16.2 Å². The summed E-state index contributed by atoms with van der Waals surface area (Å²) in [7, 11) is -10.9. The van der Waals surface area contributed by atoms with Gasteiger partial charge in [0, 0.05) is 29.7 Å². The van der Waals surface area contributed by atoms with Crippen molar-refractivity contribution >= 4 is 20.2 Å². The first-order chi connectivity index (χ1) is 12.2. The summed E-state index contributed by atoms with van der Waals surface area (Å²) >= 11 is 0. The molecule has 0 aromatic heterocycles. The molecule has 0 unspecified atom stereocenters. The van der Waals surface area contributed by atoms with Gasteiger partial charge in [-0.25, -0.2) is 26.3 Å². The Morgan fingerprint density at radius 2 is 0.926 bits per heavy atom. The predicted molar refractivity (Wildman–Crippen MR) is 75.1 cm³/mol. The second kappa shape index (κ2) is 6.78. The Labute approximate surface area is 147 Å². The van der Waals surface area contributed by atoms with Gasteiger partial charge in [0.1, 0.15) is 9.79 Å². The van der Waals surface area contributed by atoms with E-state index >= 15 is 0 Å². The zero-order valence-electron chi connectivity index (χ0n) is 12.5. The maximum Gasteiger partial charge on any atom is 0.297 e. The van der Waals surface area contributed by atoms with Crippen LogP contribution in [-0.4, -0.2) is 25.9 Å². The van der Waals surface area contributed by atoms with Gasteiger partial charge in [0.05, 0.1) is 0 Å². The van der Waals surface area contributed by atoms with Crippen LogP contribution in [0.4, 0.5) is 26.3 Å². The minimum atomic E-state index is -5.43. The van der Waals surface area contributed by atoms with Gasteiger partial charge in [-0.2, -0.15) is 16.8 Å². The summed E-state index contributed by atoms with van der Waals surface area (Å²) in [6.07, 6.45) is -1.70. The quantitative estimate of drug-likeness (QED) is 0.433. The molecule has 0 saturated carbocycles. The van der Waals surface area contributed by atoms with Gasteiger partial charge in [-0.1, -0.05) is 0 Å². The Kier molecular flexibility index (Phi) is 5.31. The molecule has 148 valence electrons. The minimum Gasteiger partial charge on any atom is -0.282 e. The maximum atomic E-state index is 14.1. The highest BCUT2D eigenvalue weighted by Gasteiger charge is 2.30. The number of benzene rings is 2.